The molecule has 0 saturated carbocycles. The fraction of sp³-hybridized carbons (Fsp3) is 0.533. The molecule has 3 N–H and O–H groups in total. The highest BCUT2D eigenvalue weighted by Crippen LogP contribution is 2.25. The lowest BCUT2D eigenvalue weighted by atomic mass is 10.1. The highest BCUT2D eigenvalue weighted by molar-refractivity contribution is 6.31. The molecule has 0 aromatic heterocycles. The lowest BCUT2D eigenvalue weighted by molar-refractivity contribution is 0.148. The van der Waals surface area contributed by atoms with Crippen LogP contribution in [0, 0.1) is 5.92 Å². The molecule has 1 atom stereocenters. The quantitative estimate of drug-likeness (QED) is 0.724. The fourth-order valence-corrected chi connectivity index (χ4v) is 2.20. The van der Waals surface area contributed by atoms with Gasteiger partial charge in [-0.3, -0.25) is 0 Å². The van der Waals surface area contributed by atoms with Gasteiger partial charge in [-0.25, -0.2) is 4.79 Å². The first-order chi connectivity index (χ1) is 9.93. The lowest BCUT2D eigenvalue weighted by Crippen LogP contribution is -2.36. The van der Waals surface area contributed by atoms with Crippen molar-refractivity contribution < 1.29 is 14.6 Å². The predicted octanol–water partition coefficient (Wildman–Crippen LogP) is 3.01. The third-order valence-corrected chi connectivity index (χ3v) is 3.25. The number of hydrogen-bond donors (Lipinski definition) is 3. The van der Waals surface area contributed by atoms with E-state index in [1.54, 1.807) is 25.3 Å². The Bertz CT molecular complexity index is 466. The van der Waals surface area contributed by atoms with Crippen molar-refractivity contribution in [2.45, 2.75) is 33.0 Å². The maximum absolute atomic E-state index is 11.9. The first kappa shape index (κ1) is 17.8. The van der Waals surface area contributed by atoms with Gasteiger partial charge in [0.1, 0.15) is 0 Å². The minimum Gasteiger partial charge on any atom is -0.391 e. The Hall–Kier alpha value is -1.30. The number of ether oxygens (including phenoxy) is 1. The maximum Gasteiger partial charge on any atom is 0.319 e. The third kappa shape index (κ3) is 6.33. The number of aliphatic hydroxyl groups excluding tert-OH is 1. The molecular weight excluding hydrogens is 292 g/mol. The Morgan fingerprint density at radius 2 is 2.14 bits per heavy atom. The topological polar surface area (TPSA) is 70.6 Å². The van der Waals surface area contributed by atoms with Crippen molar-refractivity contribution in [3.8, 4) is 0 Å². The van der Waals surface area contributed by atoms with Gasteiger partial charge < -0.3 is 20.5 Å². The monoisotopic (exact) mass is 314 g/mol. The molecule has 2 amide bonds. The van der Waals surface area contributed by atoms with Gasteiger partial charge in [-0.05, 0) is 24.5 Å². The summed E-state index contributed by atoms with van der Waals surface area (Å²) in [6.45, 7) is 4.56. The van der Waals surface area contributed by atoms with Crippen molar-refractivity contribution in [1.82, 2.24) is 5.32 Å². The molecule has 0 heterocycles. The summed E-state index contributed by atoms with van der Waals surface area (Å²) in [5.41, 5.74) is 1.32. The average molecular weight is 315 g/mol. The molecule has 1 unspecified atom stereocenters. The zero-order chi connectivity index (χ0) is 15.8. The number of amides is 2. The summed E-state index contributed by atoms with van der Waals surface area (Å²) in [4.78, 5) is 11.9. The van der Waals surface area contributed by atoms with Crippen LogP contribution in [0.15, 0.2) is 18.2 Å². The molecule has 0 fully saturated rings. The molecule has 5 nitrogen and oxygen atoms in total. The zero-order valence-electron chi connectivity index (χ0n) is 12.6. The van der Waals surface area contributed by atoms with Crippen LogP contribution in [-0.4, -0.2) is 30.9 Å². The Kier molecular flexibility index (Phi) is 7.50. The van der Waals surface area contributed by atoms with Crippen LogP contribution in [0.1, 0.15) is 25.8 Å². The van der Waals surface area contributed by atoms with Gasteiger partial charge in [0.05, 0.1) is 12.7 Å². The van der Waals surface area contributed by atoms with Gasteiger partial charge in [0.2, 0.25) is 0 Å². The first-order valence-electron chi connectivity index (χ1n) is 6.93. The molecule has 0 spiro atoms. The number of hydrogen-bond acceptors (Lipinski definition) is 3. The van der Waals surface area contributed by atoms with Crippen LogP contribution in [0.5, 0.6) is 0 Å². The highest BCUT2D eigenvalue weighted by atomic mass is 35.5. The summed E-state index contributed by atoms with van der Waals surface area (Å²) in [7, 11) is 1.56. The normalized spacial score (nSPS) is 12.3. The number of carbonyl (C=O) groups is 1. The number of urea groups is 1. The summed E-state index contributed by atoms with van der Waals surface area (Å²) >= 11 is 6.08. The van der Waals surface area contributed by atoms with Gasteiger partial charge in [0, 0.05) is 29.9 Å². The highest BCUT2D eigenvalue weighted by Gasteiger charge is 2.12. The number of rotatable bonds is 7. The van der Waals surface area contributed by atoms with Gasteiger partial charge in [-0.1, -0.05) is 31.5 Å². The summed E-state index contributed by atoms with van der Waals surface area (Å²) < 4.78 is 5.08. The van der Waals surface area contributed by atoms with Crippen molar-refractivity contribution in [3.05, 3.63) is 28.8 Å². The molecule has 21 heavy (non-hydrogen) atoms. The zero-order valence-corrected chi connectivity index (χ0v) is 13.4. The molecule has 1 aromatic rings. The van der Waals surface area contributed by atoms with Crippen molar-refractivity contribution in [2.75, 3.05) is 19.0 Å². The maximum atomic E-state index is 11.9. The number of methoxy groups -OCH3 is 1. The minimum atomic E-state index is -0.548. The third-order valence-electron chi connectivity index (χ3n) is 2.90. The molecule has 1 rings (SSSR count). The Labute approximate surface area is 130 Å². The number of benzene rings is 1. The predicted molar refractivity (Wildman–Crippen MR) is 84.6 cm³/mol. The van der Waals surface area contributed by atoms with E-state index in [0.717, 1.165) is 5.56 Å². The standard InChI is InChI=1S/C15H23ClN2O3/c1-10(2)7-11(19)8-17-15(20)18-14-6-4-5-13(16)12(14)9-21-3/h4-6,10-11,19H,7-9H2,1-3H3,(H2,17,18,20). The van der Waals surface area contributed by atoms with Gasteiger partial charge in [-0.2, -0.15) is 0 Å². The van der Waals surface area contributed by atoms with E-state index >= 15 is 0 Å². The Morgan fingerprint density at radius 3 is 2.76 bits per heavy atom. The first-order valence-corrected chi connectivity index (χ1v) is 7.31. The van der Waals surface area contributed by atoms with Crippen LogP contribution in [0.4, 0.5) is 10.5 Å². The summed E-state index contributed by atoms with van der Waals surface area (Å²) in [5.74, 6) is 0.381. The molecule has 0 aliphatic rings. The molecule has 118 valence electrons. The van der Waals surface area contributed by atoms with Crippen molar-refractivity contribution in [1.29, 1.82) is 0 Å². The molecule has 1 aromatic carbocycles. The summed E-state index contributed by atoms with van der Waals surface area (Å²) in [6, 6.07) is 4.87. The van der Waals surface area contributed by atoms with Crippen LogP contribution in [0.25, 0.3) is 0 Å². The van der Waals surface area contributed by atoms with E-state index in [1.165, 1.54) is 0 Å². The van der Waals surface area contributed by atoms with Crippen LogP contribution in [0.2, 0.25) is 5.02 Å². The number of nitrogens with one attached hydrogen (secondary N) is 2. The Morgan fingerprint density at radius 1 is 1.43 bits per heavy atom. The average Bonchev–Trinajstić information content (AvgIpc) is 2.40. The summed E-state index contributed by atoms with van der Waals surface area (Å²) in [6.07, 6.45) is 0.0976. The summed E-state index contributed by atoms with van der Waals surface area (Å²) in [5, 5.41) is 15.6. The van der Waals surface area contributed by atoms with E-state index in [-0.39, 0.29) is 12.6 Å². The Balaban J connectivity index is 2.57. The molecule has 0 aliphatic carbocycles. The number of carbonyl (C=O) groups excluding carboxylic acids is 1. The SMILES string of the molecule is COCc1c(Cl)cccc1NC(=O)NCC(O)CC(C)C. The molecule has 0 radical (unpaired) electrons. The molecule has 6 heteroatoms. The van der Waals surface area contributed by atoms with Crippen LogP contribution in [-0.2, 0) is 11.3 Å². The lowest BCUT2D eigenvalue weighted by Gasteiger charge is -2.16. The van der Waals surface area contributed by atoms with Gasteiger partial charge in [0.25, 0.3) is 0 Å². The van der Waals surface area contributed by atoms with E-state index < -0.39 is 6.10 Å². The molecule has 0 bridgehead atoms. The van der Waals surface area contributed by atoms with E-state index in [4.69, 9.17) is 16.3 Å². The molecule has 0 aliphatic heterocycles. The molecule has 0 saturated heterocycles. The second-order valence-electron chi connectivity index (χ2n) is 5.32. The van der Waals surface area contributed by atoms with Gasteiger partial charge in [-0.15, -0.1) is 0 Å². The van der Waals surface area contributed by atoms with Crippen LogP contribution >= 0.6 is 11.6 Å². The van der Waals surface area contributed by atoms with Crippen molar-refractivity contribution in [3.63, 3.8) is 0 Å². The molecular formula is C15H23ClN2O3. The second kappa shape index (κ2) is 8.87. The van der Waals surface area contributed by atoms with E-state index in [2.05, 4.69) is 10.6 Å². The van der Waals surface area contributed by atoms with Gasteiger partial charge in [0.15, 0.2) is 0 Å². The van der Waals surface area contributed by atoms with Crippen molar-refractivity contribution in [2.24, 2.45) is 5.92 Å². The number of aliphatic hydroxyl groups is 1. The van der Waals surface area contributed by atoms with E-state index in [1.807, 2.05) is 13.8 Å². The largest absolute Gasteiger partial charge is 0.391 e. The fourth-order valence-electron chi connectivity index (χ4n) is 1.97. The van der Waals surface area contributed by atoms with Crippen molar-refractivity contribution >= 4 is 23.3 Å². The second-order valence-corrected chi connectivity index (χ2v) is 5.72. The van der Waals surface area contributed by atoms with E-state index in [9.17, 15) is 9.90 Å². The van der Waals surface area contributed by atoms with E-state index in [0.29, 0.717) is 29.7 Å². The van der Waals surface area contributed by atoms with Crippen LogP contribution < -0.4 is 10.6 Å². The van der Waals surface area contributed by atoms with Gasteiger partial charge >= 0.3 is 6.03 Å². The minimum absolute atomic E-state index is 0.212. The smallest absolute Gasteiger partial charge is 0.319 e. The number of anilines is 1. The number of halogens is 1. The van der Waals surface area contributed by atoms with Crippen LogP contribution in [0.3, 0.4) is 0 Å².